The molecule has 1 unspecified atom stereocenters. The van der Waals surface area contributed by atoms with E-state index in [4.69, 9.17) is 9.84 Å². The predicted octanol–water partition coefficient (Wildman–Crippen LogP) is -0.292. The Morgan fingerprint density at radius 2 is 2.18 bits per heavy atom. The SMILES string of the molecule is CC(=O)N[C@@H](CS(=O)COCC1CC1)C(=O)O. The maximum atomic E-state index is 11.5. The molecular formula is C10H17NO5S. The molecule has 1 amide bonds. The van der Waals surface area contributed by atoms with E-state index in [9.17, 15) is 13.8 Å². The molecule has 0 aromatic rings. The highest BCUT2D eigenvalue weighted by atomic mass is 32.2. The second-order valence-corrected chi connectivity index (χ2v) is 5.58. The maximum absolute atomic E-state index is 11.5. The van der Waals surface area contributed by atoms with Crippen LogP contribution in [-0.2, 0) is 25.1 Å². The van der Waals surface area contributed by atoms with E-state index in [0.717, 1.165) is 12.8 Å². The molecule has 0 heterocycles. The van der Waals surface area contributed by atoms with Gasteiger partial charge in [-0.2, -0.15) is 0 Å². The highest BCUT2D eigenvalue weighted by molar-refractivity contribution is 7.84. The summed E-state index contributed by atoms with van der Waals surface area (Å²) < 4.78 is 16.7. The van der Waals surface area contributed by atoms with Crippen LogP contribution in [0.15, 0.2) is 0 Å². The Balaban J connectivity index is 2.24. The van der Waals surface area contributed by atoms with Crippen LogP contribution < -0.4 is 5.32 Å². The van der Waals surface area contributed by atoms with Crippen molar-refractivity contribution in [2.75, 3.05) is 18.3 Å². The smallest absolute Gasteiger partial charge is 0.327 e. The molecule has 1 aliphatic carbocycles. The monoisotopic (exact) mass is 263 g/mol. The van der Waals surface area contributed by atoms with Crippen LogP contribution in [0.1, 0.15) is 19.8 Å². The van der Waals surface area contributed by atoms with Crippen molar-refractivity contribution in [3.8, 4) is 0 Å². The molecule has 0 aromatic carbocycles. The van der Waals surface area contributed by atoms with Crippen LogP contribution >= 0.6 is 0 Å². The summed E-state index contributed by atoms with van der Waals surface area (Å²) in [7, 11) is -1.39. The molecule has 0 bridgehead atoms. The van der Waals surface area contributed by atoms with Gasteiger partial charge in [0.2, 0.25) is 5.91 Å². The summed E-state index contributed by atoms with van der Waals surface area (Å²) in [4.78, 5) is 21.5. The quantitative estimate of drug-likeness (QED) is 0.627. The van der Waals surface area contributed by atoms with Crippen molar-refractivity contribution in [3.63, 3.8) is 0 Å². The summed E-state index contributed by atoms with van der Waals surface area (Å²) >= 11 is 0. The first kappa shape index (κ1) is 14.1. The molecule has 17 heavy (non-hydrogen) atoms. The van der Waals surface area contributed by atoms with Crippen molar-refractivity contribution in [2.24, 2.45) is 5.92 Å². The second-order valence-electron chi connectivity index (χ2n) is 4.13. The normalized spacial score (nSPS) is 18.4. The van der Waals surface area contributed by atoms with Gasteiger partial charge in [-0.3, -0.25) is 9.00 Å². The first-order chi connectivity index (χ1) is 7.99. The largest absolute Gasteiger partial charge is 0.480 e. The Morgan fingerprint density at radius 3 is 2.65 bits per heavy atom. The first-order valence-corrected chi connectivity index (χ1v) is 6.90. The number of hydrogen-bond acceptors (Lipinski definition) is 4. The van der Waals surface area contributed by atoms with Gasteiger partial charge in [-0.05, 0) is 18.8 Å². The third-order valence-corrected chi connectivity index (χ3v) is 3.43. The molecule has 1 aliphatic rings. The summed E-state index contributed by atoms with van der Waals surface area (Å²) in [6.45, 7) is 1.81. The Kier molecular flexibility index (Phi) is 5.57. The van der Waals surface area contributed by atoms with Crippen LogP contribution in [0.5, 0.6) is 0 Å². The number of carboxylic acid groups (broad SMARTS) is 1. The van der Waals surface area contributed by atoms with Gasteiger partial charge in [0.15, 0.2) is 0 Å². The van der Waals surface area contributed by atoms with E-state index in [-0.39, 0.29) is 11.7 Å². The summed E-state index contributed by atoms with van der Waals surface area (Å²) in [5.74, 6) is -1.15. The fourth-order valence-corrected chi connectivity index (χ4v) is 2.22. The van der Waals surface area contributed by atoms with Gasteiger partial charge in [-0.25, -0.2) is 4.79 Å². The fraction of sp³-hybridized carbons (Fsp3) is 0.800. The number of carbonyl (C=O) groups is 2. The lowest BCUT2D eigenvalue weighted by Gasteiger charge is -2.12. The number of hydrogen-bond donors (Lipinski definition) is 2. The van der Waals surface area contributed by atoms with Crippen molar-refractivity contribution < 1.29 is 23.6 Å². The van der Waals surface area contributed by atoms with E-state index in [1.807, 2.05) is 0 Å². The highest BCUT2D eigenvalue weighted by Crippen LogP contribution is 2.28. The third-order valence-electron chi connectivity index (χ3n) is 2.29. The zero-order valence-corrected chi connectivity index (χ0v) is 10.5. The molecule has 1 saturated carbocycles. The molecule has 98 valence electrons. The molecule has 0 radical (unpaired) electrons. The molecular weight excluding hydrogens is 246 g/mol. The Bertz CT molecular complexity index is 316. The molecule has 1 fully saturated rings. The average Bonchev–Trinajstić information content (AvgIpc) is 2.99. The van der Waals surface area contributed by atoms with Crippen molar-refractivity contribution in [3.05, 3.63) is 0 Å². The van der Waals surface area contributed by atoms with Crippen molar-refractivity contribution in [1.82, 2.24) is 5.32 Å². The minimum atomic E-state index is -1.39. The Morgan fingerprint density at radius 1 is 1.53 bits per heavy atom. The number of ether oxygens (including phenoxy) is 1. The van der Waals surface area contributed by atoms with E-state index < -0.39 is 28.7 Å². The number of amides is 1. The number of nitrogens with one attached hydrogen (secondary N) is 1. The van der Waals surface area contributed by atoms with E-state index in [0.29, 0.717) is 12.5 Å². The zero-order chi connectivity index (χ0) is 12.8. The van der Waals surface area contributed by atoms with Crippen molar-refractivity contribution >= 4 is 22.7 Å². The number of carbonyl (C=O) groups excluding carboxylic acids is 1. The lowest BCUT2D eigenvalue weighted by atomic mass is 10.3. The van der Waals surface area contributed by atoms with Crippen LogP contribution in [0, 0.1) is 5.92 Å². The van der Waals surface area contributed by atoms with Crippen molar-refractivity contribution in [2.45, 2.75) is 25.8 Å². The summed E-state index contributed by atoms with van der Waals surface area (Å²) in [5.41, 5.74) is 0. The maximum Gasteiger partial charge on any atom is 0.327 e. The topological polar surface area (TPSA) is 92.7 Å². The molecule has 7 heteroatoms. The molecule has 2 atom stereocenters. The molecule has 1 rings (SSSR count). The van der Waals surface area contributed by atoms with Crippen LogP contribution in [0.2, 0.25) is 0 Å². The summed E-state index contributed by atoms with van der Waals surface area (Å²) in [5, 5.41) is 11.0. The van der Waals surface area contributed by atoms with Gasteiger partial charge >= 0.3 is 5.97 Å². The lowest BCUT2D eigenvalue weighted by Crippen LogP contribution is -2.43. The predicted molar refractivity (Wildman–Crippen MR) is 61.8 cm³/mol. The number of aliphatic carboxylic acids is 1. The van der Waals surface area contributed by atoms with Crippen LogP contribution in [0.4, 0.5) is 0 Å². The van der Waals surface area contributed by atoms with Crippen LogP contribution in [-0.4, -0.2) is 45.5 Å². The van der Waals surface area contributed by atoms with Gasteiger partial charge in [-0.1, -0.05) is 0 Å². The second kappa shape index (κ2) is 6.70. The van der Waals surface area contributed by atoms with Crippen LogP contribution in [0.25, 0.3) is 0 Å². The van der Waals surface area contributed by atoms with Gasteiger partial charge in [0, 0.05) is 6.92 Å². The standard InChI is InChI=1S/C10H17NO5S/c1-7(12)11-9(10(13)14)5-17(15)6-16-4-8-2-3-8/h8-9H,2-6H2,1H3,(H,11,12)(H,13,14)/t9-,17?/m0/s1. The van der Waals surface area contributed by atoms with E-state index >= 15 is 0 Å². The Hall–Kier alpha value is -0.950. The Labute approximate surface area is 102 Å². The molecule has 0 aliphatic heterocycles. The first-order valence-electron chi connectivity index (χ1n) is 5.41. The van der Waals surface area contributed by atoms with E-state index in [2.05, 4.69) is 5.32 Å². The van der Waals surface area contributed by atoms with Crippen LogP contribution in [0.3, 0.4) is 0 Å². The van der Waals surface area contributed by atoms with Crippen molar-refractivity contribution in [1.29, 1.82) is 0 Å². The molecule has 0 spiro atoms. The van der Waals surface area contributed by atoms with E-state index in [1.54, 1.807) is 0 Å². The minimum Gasteiger partial charge on any atom is -0.480 e. The number of carboxylic acids is 1. The van der Waals surface area contributed by atoms with Gasteiger partial charge in [0.1, 0.15) is 12.0 Å². The van der Waals surface area contributed by atoms with Gasteiger partial charge in [0.25, 0.3) is 0 Å². The molecule has 0 saturated heterocycles. The zero-order valence-electron chi connectivity index (χ0n) is 9.68. The van der Waals surface area contributed by atoms with Gasteiger partial charge < -0.3 is 15.2 Å². The molecule has 6 nitrogen and oxygen atoms in total. The lowest BCUT2D eigenvalue weighted by molar-refractivity contribution is -0.140. The fourth-order valence-electron chi connectivity index (χ4n) is 1.25. The van der Waals surface area contributed by atoms with E-state index in [1.165, 1.54) is 6.92 Å². The van der Waals surface area contributed by atoms with Gasteiger partial charge in [-0.15, -0.1) is 0 Å². The third kappa shape index (κ3) is 6.38. The minimum absolute atomic E-state index is 0.0276. The summed E-state index contributed by atoms with van der Waals surface area (Å²) in [6.07, 6.45) is 2.30. The molecule has 2 N–H and O–H groups in total. The average molecular weight is 263 g/mol. The highest BCUT2D eigenvalue weighted by Gasteiger charge is 2.23. The van der Waals surface area contributed by atoms with Gasteiger partial charge in [0.05, 0.1) is 23.2 Å². The summed E-state index contributed by atoms with van der Waals surface area (Å²) in [6, 6.07) is -1.11. The number of rotatable bonds is 8. The molecule has 0 aromatic heterocycles.